The standard InChI is InChI=1S/C26H14O2/c1-3-7-17-11-23-19(9-15(17)5-1)21-13-22-20-10-16-6-2-4-8-18(16)12-24(20)28-26(22)14-25(21)27-23/h1-14H. The third-order valence-corrected chi connectivity index (χ3v) is 5.80. The molecule has 0 aliphatic heterocycles. The van der Waals surface area contributed by atoms with Crippen LogP contribution >= 0.6 is 0 Å². The van der Waals surface area contributed by atoms with Crippen LogP contribution in [0.15, 0.2) is 93.8 Å². The van der Waals surface area contributed by atoms with Gasteiger partial charge in [-0.3, -0.25) is 0 Å². The highest BCUT2D eigenvalue weighted by Gasteiger charge is 2.14. The fourth-order valence-electron chi connectivity index (χ4n) is 4.42. The van der Waals surface area contributed by atoms with Crippen molar-refractivity contribution in [2.45, 2.75) is 0 Å². The van der Waals surface area contributed by atoms with Crippen molar-refractivity contribution in [3.63, 3.8) is 0 Å². The molecule has 0 aliphatic rings. The molecule has 0 radical (unpaired) electrons. The maximum atomic E-state index is 6.18. The Morgan fingerprint density at radius 3 is 1.18 bits per heavy atom. The molecule has 0 spiro atoms. The largest absolute Gasteiger partial charge is 0.456 e. The number of fused-ring (bicyclic) bond motifs is 8. The predicted octanol–water partition coefficient (Wildman–Crippen LogP) is 7.79. The zero-order valence-corrected chi connectivity index (χ0v) is 14.9. The molecule has 28 heavy (non-hydrogen) atoms. The number of furan rings is 2. The highest BCUT2D eigenvalue weighted by molar-refractivity contribution is 6.18. The lowest BCUT2D eigenvalue weighted by Crippen LogP contribution is -1.73. The fraction of sp³-hybridized carbons (Fsp3) is 0. The summed E-state index contributed by atoms with van der Waals surface area (Å²) < 4.78 is 12.4. The van der Waals surface area contributed by atoms with Crippen LogP contribution in [0.25, 0.3) is 65.4 Å². The molecular weight excluding hydrogens is 344 g/mol. The second kappa shape index (κ2) is 4.93. The van der Waals surface area contributed by atoms with Gasteiger partial charge in [0.2, 0.25) is 0 Å². The molecule has 130 valence electrons. The van der Waals surface area contributed by atoms with Crippen LogP contribution in [0.5, 0.6) is 0 Å². The van der Waals surface area contributed by atoms with Crippen LogP contribution in [-0.2, 0) is 0 Å². The van der Waals surface area contributed by atoms with Gasteiger partial charge in [0.05, 0.1) is 0 Å². The van der Waals surface area contributed by atoms with Crippen molar-refractivity contribution >= 4 is 65.4 Å². The summed E-state index contributed by atoms with van der Waals surface area (Å²) in [4.78, 5) is 0. The second-order valence-electron chi connectivity index (χ2n) is 7.44. The Balaban J connectivity index is 1.64. The molecule has 0 unspecified atom stereocenters. The van der Waals surface area contributed by atoms with Crippen molar-refractivity contribution in [2.75, 3.05) is 0 Å². The molecule has 2 nitrogen and oxygen atoms in total. The zero-order chi connectivity index (χ0) is 18.2. The summed E-state index contributed by atoms with van der Waals surface area (Å²) in [5.41, 5.74) is 3.55. The van der Waals surface area contributed by atoms with Gasteiger partial charge in [-0.15, -0.1) is 0 Å². The first-order chi connectivity index (χ1) is 13.8. The smallest absolute Gasteiger partial charge is 0.139 e. The Bertz CT molecular complexity index is 1590. The van der Waals surface area contributed by atoms with Crippen LogP contribution < -0.4 is 0 Å². The molecule has 7 aromatic rings. The van der Waals surface area contributed by atoms with E-state index >= 15 is 0 Å². The van der Waals surface area contributed by atoms with Crippen molar-refractivity contribution in [1.29, 1.82) is 0 Å². The van der Waals surface area contributed by atoms with Gasteiger partial charge < -0.3 is 8.83 Å². The van der Waals surface area contributed by atoms with Crippen molar-refractivity contribution in [3.05, 3.63) is 84.9 Å². The lowest BCUT2D eigenvalue weighted by atomic mass is 10.0. The van der Waals surface area contributed by atoms with E-state index in [4.69, 9.17) is 8.83 Å². The maximum absolute atomic E-state index is 6.18. The summed E-state index contributed by atoms with van der Waals surface area (Å²) in [6, 6.07) is 29.7. The molecule has 2 aromatic heterocycles. The molecule has 2 heterocycles. The quantitative estimate of drug-likeness (QED) is 0.276. The topological polar surface area (TPSA) is 26.3 Å². The van der Waals surface area contributed by atoms with Crippen LogP contribution in [0.2, 0.25) is 0 Å². The van der Waals surface area contributed by atoms with Gasteiger partial charge in [-0.25, -0.2) is 0 Å². The lowest BCUT2D eigenvalue weighted by Gasteiger charge is -1.97. The Hall–Kier alpha value is -3.78. The third-order valence-electron chi connectivity index (χ3n) is 5.80. The molecule has 2 heteroatoms. The highest BCUT2D eigenvalue weighted by atomic mass is 16.3. The van der Waals surface area contributed by atoms with E-state index in [-0.39, 0.29) is 0 Å². The van der Waals surface area contributed by atoms with Crippen molar-refractivity contribution in [3.8, 4) is 0 Å². The van der Waals surface area contributed by atoms with Gasteiger partial charge >= 0.3 is 0 Å². The Labute approximate surface area is 159 Å². The van der Waals surface area contributed by atoms with Crippen molar-refractivity contribution < 1.29 is 8.83 Å². The predicted molar refractivity (Wildman–Crippen MR) is 116 cm³/mol. The molecule has 0 fully saturated rings. The highest BCUT2D eigenvalue weighted by Crippen LogP contribution is 2.38. The first-order valence-electron chi connectivity index (χ1n) is 9.44. The normalized spacial score (nSPS) is 12.3. The van der Waals surface area contributed by atoms with Crippen LogP contribution in [0.4, 0.5) is 0 Å². The van der Waals surface area contributed by atoms with Crippen molar-refractivity contribution in [1.82, 2.24) is 0 Å². The molecular formula is C26H14O2. The summed E-state index contributed by atoms with van der Waals surface area (Å²) in [5.74, 6) is 0. The molecule has 0 N–H and O–H groups in total. The maximum Gasteiger partial charge on any atom is 0.139 e. The Morgan fingerprint density at radius 2 is 0.714 bits per heavy atom. The molecule has 0 saturated carbocycles. The summed E-state index contributed by atoms with van der Waals surface area (Å²) in [6.45, 7) is 0. The molecule has 0 bridgehead atoms. The van der Waals surface area contributed by atoms with E-state index in [1.165, 1.54) is 21.5 Å². The van der Waals surface area contributed by atoms with Gasteiger partial charge in [0.15, 0.2) is 0 Å². The molecule has 0 amide bonds. The van der Waals surface area contributed by atoms with Crippen LogP contribution in [0, 0.1) is 0 Å². The van der Waals surface area contributed by atoms with E-state index < -0.39 is 0 Å². The summed E-state index contributed by atoms with van der Waals surface area (Å²) in [5, 5.41) is 9.37. The van der Waals surface area contributed by atoms with E-state index in [1.54, 1.807) is 0 Å². The number of rotatable bonds is 0. The molecule has 0 aliphatic carbocycles. The van der Waals surface area contributed by atoms with Gasteiger partial charge in [-0.05, 0) is 51.9 Å². The van der Waals surface area contributed by atoms with E-state index in [0.29, 0.717) is 0 Å². The van der Waals surface area contributed by atoms with Crippen LogP contribution in [0.1, 0.15) is 0 Å². The first-order valence-corrected chi connectivity index (χ1v) is 9.44. The van der Waals surface area contributed by atoms with Crippen molar-refractivity contribution in [2.24, 2.45) is 0 Å². The van der Waals surface area contributed by atoms with Crippen LogP contribution in [0.3, 0.4) is 0 Å². The van der Waals surface area contributed by atoms with Gasteiger partial charge in [-0.1, -0.05) is 48.5 Å². The molecule has 0 atom stereocenters. The SMILES string of the molecule is c1ccc2cc3c(cc2c1)oc1cc2oc4cc5ccccc5cc4c2cc13. The second-order valence-corrected chi connectivity index (χ2v) is 7.44. The fourth-order valence-corrected chi connectivity index (χ4v) is 4.42. The van der Waals surface area contributed by atoms with E-state index in [9.17, 15) is 0 Å². The third kappa shape index (κ3) is 1.82. The van der Waals surface area contributed by atoms with Gasteiger partial charge in [0, 0.05) is 27.6 Å². The molecule has 7 rings (SSSR count). The number of hydrogen-bond donors (Lipinski definition) is 0. The summed E-state index contributed by atoms with van der Waals surface area (Å²) in [7, 11) is 0. The van der Waals surface area contributed by atoms with Crippen LogP contribution in [-0.4, -0.2) is 0 Å². The average molecular weight is 358 g/mol. The number of benzene rings is 5. The molecule has 0 saturated heterocycles. The van der Waals surface area contributed by atoms with E-state index in [0.717, 1.165) is 43.9 Å². The summed E-state index contributed by atoms with van der Waals surface area (Å²) in [6.07, 6.45) is 0. The Morgan fingerprint density at radius 1 is 0.357 bits per heavy atom. The number of hydrogen-bond acceptors (Lipinski definition) is 2. The monoisotopic (exact) mass is 358 g/mol. The van der Waals surface area contributed by atoms with Gasteiger partial charge in [0.1, 0.15) is 22.3 Å². The Kier molecular flexibility index (Phi) is 2.52. The lowest BCUT2D eigenvalue weighted by molar-refractivity contribution is 0.656. The van der Waals surface area contributed by atoms with Gasteiger partial charge in [-0.2, -0.15) is 0 Å². The molecule has 5 aromatic carbocycles. The zero-order valence-electron chi connectivity index (χ0n) is 14.9. The minimum atomic E-state index is 0.862. The first kappa shape index (κ1) is 14.3. The minimum absolute atomic E-state index is 0.862. The van der Waals surface area contributed by atoms with E-state index in [2.05, 4.69) is 78.9 Å². The average Bonchev–Trinajstić information content (AvgIpc) is 3.25. The summed E-state index contributed by atoms with van der Waals surface area (Å²) >= 11 is 0. The minimum Gasteiger partial charge on any atom is -0.456 e. The van der Waals surface area contributed by atoms with E-state index in [1.807, 2.05) is 6.07 Å². The van der Waals surface area contributed by atoms with Gasteiger partial charge in [0.25, 0.3) is 0 Å².